The number of aryl methyl sites for hydroxylation is 2. The molecule has 94 valence electrons. The first-order chi connectivity index (χ1) is 8.58. The molecule has 0 bridgehead atoms. The second-order valence-electron chi connectivity index (χ2n) is 3.93. The topological polar surface area (TPSA) is 63.3 Å². The van der Waals surface area contributed by atoms with Gasteiger partial charge in [-0.15, -0.1) is 0 Å². The Morgan fingerprint density at radius 2 is 2.28 bits per heavy atom. The molecule has 4 nitrogen and oxygen atoms in total. The van der Waals surface area contributed by atoms with E-state index in [1.807, 2.05) is 19.1 Å². The van der Waals surface area contributed by atoms with E-state index in [1.54, 1.807) is 19.3 Å². The highest BCUT2D eigenvalue weighted by Crippen LogP contribution is 2.27. The van der Waals surface area contributed by atoms with Gasteiger partial charge in [0.25, 0.3) is 0 Å². The van der Waals surface area contributed by atoms with Crippen LogP contribution in [0.4, 0.5) is 0 Å². The molecule has 18 heavy (non-hydrogen) atoms. The molecule has 0 radical (unpaired) electrons. The number of pyridine rings is 1. The Morgan fingerprint density at radius 3 is 2.89 bits per heavy atom. The van der Waals surface area contributed by atoms with Crippen LogP contribution >= 0.6 is 11.8 Å². The highest BCUT2D eigenvalue weighted by molar-refractivity contribution is 7.98. The molecule has 0 aromatic carbocycles. The van der Waals surface area contributed by atoms with Crippen molar-refractivity contribution in [3.05, 3.63) is 47.0 Å². The number of furan rings is 1. The van der Waals surface area contributed by atoms with E-state index in [1.165, 1.54) is 11.8 Å². The summed E-state index contributed by atoms with van der Waals surface area (Å²) in [5.41, 5.74) is 1.83. The van der Waals surface area contributed by atoms with Crippen molar-refractivity contribution >= 4 is 17.7 Å². The molecule has 0 amide bonds. The minimum Gasteiger partial charge on any atom is -0.478 e. The highest BCUT2D eigenvalue weighted by atomic mass is 32.2. The van der Waals surface area contributed by atoms with Gasteiger partial charge >= 0.3 is 5.97 Å². The van der Waals surface area contributed by atoms with Crippen LogP contribution in [-0.4, -0.2) is 16.1 Å². The van der Waals surface area contributed by atoms with Gasteiger partial charge in [-0.1, -0.05) is 11.8 Å². The maximum atomic E-state index is 11.2. The van der Waals surface area contributed by atoms with Crippen molar-refractivity contribution in [1.29, 1.82) is 0 Å². The number of hydrogen-bond donors (Lipinski definition) is 1. The molecule has 0 saturated carbocycles. The van der Waals surface area contributed by atoms with Crippen molar-refractivity contribution in [1.82, 2.24) is 4.98 Å². The summed E-state index contributed by atoms with van der Waals surface area (Å²) in [4.78, 5) is 15.5. The Balaban J connectivity index is 2.28. The van der Waals surface area contributed by atoms with Crippen LogP contribution in [0.2, 0.25) is 0 Å². The Labute approximate surface area is 109 Å². The Bertz CT molecular complexity index is 564. The number of aromatic carboxylic acids is 1. The maximum absolute atomic E-state index is 11.2. The van der Waals surface area contributed by atoms with Crippen molar-refractivity contribution < 1.29 is 14.3 Å². The van der Waals surface area contributed by atoms with Gasteiger partial charge in [0.1, 0.15) is 10.8 Å². The zero-order valence-corrected chi connectivity index (χ0v) is 11.0. The van der Waals surface area contributed by atoms with E-state index < -0.39 is 5.97 Å². The van der Waals surface area contributed by atoms with E-state index >= 15 is 0 Å². The third kappa shape index (κ3) is 2.73. The zero-order chi connectivity index (χ0) is 13.1. The molecule has 0 unspecified atom stereocenters. The normalized spacial score (nSPS) is 10.6. The smallest absolute Gasteiger partial charge is 0.338 e. The van der Waals surface area contributed by atoms with Crippen molar-refractivity contribution in [2.75, 3.05) is 0 Å². The molecule has 0 fully saturated rings. The van der Waals surface area contributed by atoms with Gasteiger partial charge in [-0.05, 0) is 37.6 Å². The summed E-state index contributed by atoms with van der Waals surface area (Å²) in [7, 11) is 0. The third-order valence-corrected chi connectivity index (χ3v) is 3.45. The van der Waals surface area contributed by atoms with Crippen molar-refractivity contribution in [3.8, 4) is 0 Å². The molecule has 2 aromatic rings. The lowest BCUT2D eigenvalue weighted by Gasteiger charge is -2.08. The SMILES string of the molecule is Cc1cc(C)c(C(=O)O)c(SCc2ccco2)n1. The van der Waals surface area contributed by atoms with Crippen LogP contribution in [0.15, 0.2) is 33.9 Å². The van der Waals surface area contributed by atoms with E-state index in [0.717, 1.165) is 17.0 Å². The first-order valence-electron chi connectivity index (χ1n) is 5.44. The summed E-state index contributed by atoms with van der Waals surface area (Å²) in [6.07, 6.45) is 1.60. The number of rotatable bonds is 4. The number of carbonyl (C=O) groups is 1. The first kappa shape index (κ1) is 12.7. The number of carboxylic acid groups (broad SMARTS) is 1. The van der Waals surface area contributed by atoms with Gasteiger partial charge in [-0.2, -0.15) is 0 Å². The van der Waals surface area contributed by atoms with Crippen LogP contribution in [0.5, 0.6) is 0 Å². The fourth-order valence-corrected chi connectivity index (χ4v) is 2.75. The zero-order valence-electron chi connectivity index (χ0n) is 10.1. The molecular weight excluding hydrogens is 250 g/mol. The molecule has 0 atom stereocenters. The standard InChI is InChI=1S/C13H13NO3S/c1-8-6-9(2)14-12(11(8)13(15)16)18-7-10-4-3-5-17-10/h3-6H,7H2,1-2H3,(H,15,16). The summed E-state index contributed by atoms with van der Waals surface area (Å²) < 4.78 is 5.22. The van der Waals surface area contributed by atoms with Crippen LogP contribution in [-0.2, 0) is 5.75 Å². The number of hydrogen-bond acceptors (Lipinski definition) is 4. The summed E-state index contributed by atoms with van der Waals surface area (Å²) in [6.45, 7) is 3.64. The highest BCUT2D eigenvalue weighted by Gasteiger charge is 2.16. The predicted molar refractivity (Wildman–Crippen MR) is 68.9 cm³/mol. The quantitative estimate of drug-likeness (QED) is 0.857. The van der Waals surface area contributed by atoms with E-state index in [-0.39, 0.29) is 5.56 Å². The average Bonchev–Trinajstić information content (AvgIpc) is 2.77. The summed E-state index contributed by atoms with van der Waals surface area (Å²) in [6, 6.07) is 5.44. The van der Waals surface area contributed by atoms with Crippen LogP contribution in [0.25, 0.3) is 0 Å². The minimum atomic E-state index is -0.943. The van der Waals surface area contributed by atoms with Gasteiger partial charge in [0, 0.05) is 5.69 Å². The average molecular weight is 263 g/mol. The van der Waals surface area contributed by atoms with Gasteiger partial charge in [0.05, 0.1) is 17.6 Å². The summed E-state index contributed by atoms with van der Waals surface area (Å²) in [5, 5.41) is 9.76. The molecule has 0 aliphatic rings. The third-order valence-electron chi connectivity index (χ3n) is 2.46. The van der Waals surface area contributed by atoms with Crippen LogP contribution in [0, 0.1) is 13.8 Å². The molecule has 0 aliphatic carbocycles. The van der Waals surface area contributed by atoms with Crippen molar-refractivity contribution in [3.63, 3.8) is 0 Å². The molecule has 2 aromatic heterocycles. The van der Waals surface area contributed by atoms with Gasteiger partial charge < -0.3 is 9.52 Å². The Morgan fingerprint density at radius 1 is 1.50 bits per heavy atom. The van der Waals surface area contributed by atoms with Crippen LogP contribution in [0.1, 0.15) is 27.4 Å². The lowest BCUT2D eigenvalue weighted by Crippen LogP contribution is -2.05. The second-order valence-corrected chi connectivity index (χ2v) is 4.90. The fourth-order valence-electron chi connectivity index (χ4n) is 1.70. The molecular formula is C13H13NO3S. The number of carboxylic acids is 1. The number of nitrogens with zero attached hydrogens (tertiary/aromatic N) is 1. The van der Waals surface area contributed by atoms with E-state index in [2.05, 4.69) is 4.98 Å². The van der Waals surface area contributed by atoms with Gasteiger partial charge in [-0.3, -0.25) is 0 Å². The fraction of sp³-hybridized carbons (Fsp3) is 0.231. The van der Waals surface area contributed by atoms with Crippen molar-refractivity contribution in [2.24, 2.45) is 0 Å². The Kier molecular flexibility index (Phi) is 3.72. The lowest BCUT2D eigenvalue weighted by atomic mass is 10.1. The van der Waals surface area contributed by atoms with Crippen molar-refractivity contribution in [2.45, 2.75) is 24.6 Å². The summed E-state index contributed by atoms with van der Waals surface area (Å²) in [5.74, 6) is 0.433. The van der Waals surface area contributed by atoms with E-state index in [9.17, 15) is 9.90 Å². The molecule has 2 heterocycles. The van der Waals surface area contributed by atoms with Crippen LogP contribution in [0.3, 0.4) is 0 Å². The number of thioether (sulfide) groups is 1. The molecule has 5 heteroatoms. The number of aromatic nitrogens is 1. The van der Waals surface area contributed by atoms with Gasteiger partial charge in [0.2, 0.25) is 0 Å². The predicted octanol–water partition coefficient (Wildman–Crippen LogP) is 3.28. The maximum Gasteiger partial charge on any atom is 0.338 e. The molecule has 0 spiro atoms. The lowest BCUT2D eigenvalue weighted by molar-refractivity contribution is 0.0691. The molecule has 2 rings (SSSR count). The Hall–Kier alpha value is -1.75. The van der Waals surface area contributed by atoms with Gasteiger partial charge in [-0.25, -0.2) is 9.78 Å². The molecule has 1 N–H and O–H groups in total. The second kappa shape index (κ2) is 5.27. The minimum absolute atomic E-state index is 0.275. The van der Waals surface area contributed by atoms with E-state index in [4.69, 9.17) is 4.42 Å². The monoisotopic (exact) mass is 263 g/mol. The summed E-state index contributed by atoms with van der Waals surface area (Å²) >= 11 is 1.38. The largest absolute Gasteiger partial charge is 0.478 e. The molecule has 0 saturated heterocycles. The van der Waals surface area contributed by atoms with E-state index in [0.29, 0.717) is 10.8 Å². The first-order valence-corrected chi connectivity index (χ1v) is 6.43. The molecule has 0 aliphatic heterocycles. The van der Waals surface area contributed by atoms with Crippen LogP contribution < -0.4 is 0 Å². The van der Waals surface area contributed by atoms with Gasteiger partial charge in [0.15, 0.2) is 0 Å².